The number of sulfone groups is 1. The molecule has 0 unspecified atom stereocenters. The molecule has 0 saturated carbocycles. The van der Waals surface area contributed by atoms with Crippen LogP contribution in [-0.2, 0) is 25.6 Å². The number of sulfonamides is 1. The second kappa shape index (κ2) is 7.09. The molecule has 2 heterocycles. The molecule has 2 aromatic rings. The molecule has 6 nitrogen and oxygen atoms in total. The lowest BCUT2D eigenvalue weighted by Gasteiger charge is -2.30. The number of nitrogens with zero attached hydrogens (tertiary/aromatic N) is 1. The van der Waals surface area contributed by atoms with Crippen molar-refractivity contribution in [3.8, 4) is 0 Å². The zero-order chi connectivity index (χ0) is 18.9. The minimum Gasteiger partial charge on any atom is -0.468 e. The van der Waals surface area contributed by atoms with Gasteiger partial charge in [-0.15, -0.1) is 0 Å². The standard InChI is InChI=1S/C16H17F2NO5S2/c17-12-8-13(18)10-16(9-12)26(22,23)19-5-3-15(4-6-19)25(20,21)11-14-2-1-7-24-14/h1-2,7-10,15H,3-6,11H2. The van der Waals surface area contributed by atoms with E-state index in [2.05, 4.69) is 0 Å². The fourth-order valence-corrected chi connectivity index (χ4v) is 6.21. The van der Waals surface area contributed by atoms with Gasteiger partial charge >= 0.3 is 0 Å². The van der Waals surface area contributed by atoms with Gasteiger partial charge in [-0.05, 0) is 37.1 Å². The third kappa shape index (κ3) is 3.97. The van der Waals surface area contributed by atoms with E-state index in [0.717, 1.165) is 16.4 Å². The first-order chi connectivity index (χ1) is 12.2. The van der Waals surface area contributed by atoms with Crippen LogP contribution < -0.4 is 0 Å². The molecule has 3 rings (SSSR count). The molecule has 1 aliphatic rings. The highest BCUT2D eigenvalue weighted by molar-refractivity contribution is 7.91. The van der Waals surface area contributed by atoms with Crippen molar-refractivity contribution in [1.82, 2.24) is 4.31 Å². The Kier molecular flexibility index (Phi) is 5.18. The maximum absolute atomic E-state index is 13.3. The van der Waals surface area contributed by atoms with Gasteiger partial charge in [0.15, 0.2) is 9.84 Å². The number of piperidine rings is 1. The second-order valence-electron chi connectivity index (χ2n) is 6.10. The molecule has 1 aromatic heterocycles. The van der Waals surface area contributed by atoms with E-state index in [0.29, 0.717) is 11.8 Å². The molecule has 26 heavy (non-hydrogen) atoms. The van der Waals surface area contributed by atoms with Gasteiger partial charge in [-0.1, -0.05) is 0 Å². The van der Waals surface area contributed by atoms with Crippen molar-refractivity contribution >= 4 is 19.9 Å². The summed E-state index contributed by atoms with van der Waals surface area (Å²) in [4.78, 5) is -0.480. The van der Waals surface area contributed by atoms with Crippen LogP contribution in [0.2, 0.25) is 0 Å². The van der Waals surface area contributed by atoms with Gasteiger partial charge < -0.3 is 4.42 Å². The molecule has 0 spiro atoms. The predicted octanol–water partition coefficient (Wildman–Crippen LogP) is 2.33. The number of benzene rings is 1. The summed E-state index contributed by atoms with van der Waals surface area (Å²) in [5, 5.41) is -0.691. The predicted molar refractivity (Wildman–Crippen MR) is 89.5 cm³/mol. The lowest BCUT2D eigenvalue weighted by Crippen LogP contribution is -2.42. The molecule has 1 aromatic carbocycles. The molecule has 10 heteroatoms. The number of halogens is 2. The van der Waals surface area contributed by atoms with E-state index in [1.165, 1.54) is 6.26 Å². The minimum atomic E-state index is -4.09. The molecule has 1 fully saturated rings. The van der Waals surface area contributed by atoms with Gasteiger partial charge in [-0.2, -0.15) is 4.31 Å². The van der Waals surface area contributed by atoms with E-state index < -0.39 is 41.6 Å². The molecular formula is C16H17F2NO5S2. The summed E-state index contributed by atoms with van der Waals surface area (Å²) in [6.45, 7) is -0.0783. The second-order valence-corrected chi connectivity index (χ2v) is 10.3. The molecule has 0 bridgehead atoms. The number of hydrogen-bond donors (Lipinski definition) is 0. The largest absolute Gasteiger partial charge is 0.468 e. The normalized spacial score (nSPS) is 17.5. The van der Waals surface area contributed by atoms with Crippen LogP contribution in [0.1, 0.15) is 18.6 Å². The van der Waals surface area contributed by atoms with E-state index in [1.54, 1.807) is 12.1 Å². The first-order valence-corrected chi connectivity index (χ1v) is 11.0. The van der Waals surface area contributed by atoms with Gasteiger partial charge in [-0.25, -0.2) is 25.6 Å². The van der Waals surface area contributed by atoms with E-state index >= 15 is 0 Å². The summed E-state index contributed by atoms with van der Waals surface area (Å²) in [6.07, 6.45) is 1.61. The van der Waals surface area contributed by atoms with Gasteiger partial charge in [0.05, 0.1) is 16.4 Å². The van der Waals surface area contributed by atoms with Crippen LogP contribution in [0.25, 0.3) is 0 Å². The molecule has 0 aliphatic carbocycles. The molecule has 142 valence electrons. The Labute approximate surface area is 150 Å². The van der Waals surface area contributed by atoms with Crippen molar-refractivity contribution < 1.29 is 30.0 Å². The van der Waals surface area contributed by atoms with Crippen molar-refractivity contribution in [2.24, 2.45) is 0 Å². The lowest BCUT2D eigenvalue weighted by atomic mass is 10.2. The van der Waals surface area contributed by atoms with Crippen LogP contribution in [0.4, 0.5) is 8.78 Å². The minimum absolute atomic E-state index is 0.0392. The molecule has 0 N–H and O–H groups in total. The molecule has 1 saturated heterocycles. The average Bonchev–Trinajstić information content (AvgIpc) is 3.06. The fraction of sp³-hybridized carbons (Fsp3) is 0.375. The van der Waals surface area contributed by atoms with Crippen molar-refractivity contribution in [3.05, 3.63) is 54.0 Å². The van der Waals surface area contributed by atoms with Crippen molar-refractivity contribution in [3.63, 3.8) is 0 Å². The average molecular weight is 405 g/mol. The molecule has 0 radical (unpaired) electrons. The van der Waals surface area contributed by atoms with Gasteiger partial charge in [0.1, 0.15) is 23.1 Å². The number of hydrogen-bond acceptors (Lipinski definition) is 5. The van der Waals surface area contributed by atoms with E-state index in [9.17, 15) is 25.6 Å². The molecule has 0 atom stereocenters. The SMILES string of the molecule is O=S(=O)(Cc1ccco1)C1CCN(S(=O)(=O)c2cc(F)cc(F)c2)CC1. The number of rotatable bonds is 5. The van der Waals surface area contributed by atoms with Crippen LogP contribution in [0, 0.1) is 11.6 Å². The van der Waals surface area contributed by atoms with Crippen LogP contribution in [-0.4, -0.2) is 39.5 Å². The molecule has 0 amide bonds. The first kappa shape index (κ1) is 19.0. The molecule has 1 aliphatic heterocycles. The first-order valence-electron chi connectivity index (χ1n) is 7.89. The topological polar surface area (TPSA) is 84.7 Å². The maximum Gasteiger partial charge on any atom is 0.243 e. The smallest absolute Gasteiger partial charge is 0.243 e. The van der Waals surface area contributed by atoms with Gasteiger partial charge in [0.2, 0.25) is 10.0 Å². The quantitative estimate of drug-likeness (QED) is 0.762. The Morgan fingerprint density at radius 2 is 1.65 bits per heavy atom. The van der Waals surface area contributed by atoms with Gasteiger partial charge in [0, 0.05) is 19.2 Å². The highest BCUT2D eigenvalue weighted by Gasteiger charge is 2.35. The van der Waals surface area contributed by atoms with Crippen molar-refractivity contribution in [2.45, 2.75) is 28.7 Å². The van der Waals surface area contributed by atoms with Gasteiger partial charge in [0.25, 0.3) is 0 Å². The molecular weight excluding hydrogens is 388 g/mol. The summed E-state index contributed by atoms with van der Waals surface area (Å²) < 4.78 is 82.7. The van der Waals surface area contributed by atoms with Crippen LogP contribution >= 0.6 is 0 Å². The summed E-state index contributed by atoms with van der Waals surface area (Å²) in [7, 11) is -7.57. The highest BCUT2D eigenvalue weighted by Crippen LogP contribution is 2.26. The Balaban J connectivity index is 1.71. The zero-order valence-electron chi connectivity index (χ0n) is 13.6. The van der Waals surface area contributed by atoms with E-state index in [-0.39, 0.29) is 31.7 Å². The van der Waals surface area contributed by atoms with Crippen LogP contribution in [0.15, 0.2) is 45.9 Å². The summed E-state index contributed by atoms with van der Waals surface area (Å²) in [5.74, 6) is -1.89. The Morgan fingerprint density at radius 1 is 1.04 bits per heavy atom. The van der Waals surface area contributed by atoms with E-state index in [4.69, 9.17) is 4.42 Å². The monoisotopic (exact) mass is 405 g/mol. The number of furan rings is 1. The summed E-state index contributed by atoms with van der Waals surface area (Å²) in [6, 6.07) is 5.25. The zero-order valence-corrected chi connectivity index (χ0v) is 15.3. The van der Waals surface area contributed by atoms with Crippen LogP contribution in [0.3, 0.4) is 0 Å². The Bertz CT molecular complexity index is 959. The van der Waals surface area contributed by atoms with Crippen molar-refractivity contribution in [1.29, 1.82) is 0 Å². The van der Waals surface area contributed by atoms with Crippen molar-refractivity contribution in [2.75, 3.05) is 13.1 Å². The fourth-order valence-electron chi connectivity index (χ4n) is 2.97. The van der Waals surface area contributed by atoms with Gasteiger partial charge in [-0.3, -0.25) is 0 Å². The highest BCUT2D eigenvalue weighted by atomic mass is 32.2. The Hall–Kier alpha value is -1.78. The van der Waals surface area contributed by atoms with Crippen LogP contribution in [0.5, 0.6) is 0 Å². The lowest BCUT2D eigenvalue weighted by molar-refractivity contribution is 0.344. The van der Waals surface area contributed by atoms with E-state index in [1.807, 2.05) is 0 Å². The maximum atomic E-state index is 13.3. The Morgan fingerprint density at radius 3 is 2.19 bits per heavy atom. The third-order valence-corrected chi connectivity index (χ3v) is 8.36. The summed E-state index contributed by atoms with van der Waals surface area (Å²) in [5.41, 5.74) is 0. The third-order valence-electron chi connectivity index (χ3n) is 4.31. The summed E-state index contributed by atoms with van der Waals surface area (Å²) >= 11 is 0.